The van der Waals surface area contributed by atoms with Crippen molar-refractivity contribution in [1.29, 1.82) is 0 Å². The molecule has 0 aliphatic rings. The third-order valence-corrected chi connectivity index (χ3v) is 1.44. The minimum atomic E-state index is 0.0419. The zero-order valence-electron chi connectivity index (χ0n) is 6.03. The number of aliphatic hydroxyl groups is 1. The van der Waals surface area contributed by atoms with Crippen LogP contribution in [0.15, 0.2) is 24.3 Å². The van der Waals surface area contributed by atoms with E-state index in [1.165, 1.54) is 0 Å². The number of aliphatic hydroxyl groups excluding tert-OH is 1. The molecule has 1 aromatic carbocycles. The fourth-order valence-electron chi connectivity index (χ4n) is 0.815. The van der Waals surface area contributed by atoms with Crippen molar-refractivity contribution in [2.24, 2.45) is 0 Å². The van der Waals surface area contributed by atoms with Crippen LogP contribution in [0, 0.1) is 0 Å². The molecule has 0 radical (unpaired) electrons. The number of hydrogen-bond acceptors (Lipinski definition) is 3. The van der Waals surface area contributed by atoms with Gasteiger partial charge in [-0.05, 0) is 11.1 Å². The maximum Gasteiger partial charge on any atom is 0.107 e. The summed E-state index contributed by atoms with van der Waals surface area (Å²) in [6.45, 7) is 0.228. The molecule has 0 saturated heterocycles. The first-order valence-corrected chi connectivity index (χ1v) is 3.32. The number of benzene rings is 1. The Bertz CT molecular complexity index is 205. The van der Waals surface area contributed by atoms with E-state index in [2.05, 4.69) is 4.89 Å². The van der Waals surface area contributed by atoms with E-state index in [9.17, 15) is 0 Å². The molecule has 1 rings (SSSR count). The molecule has 0 saturated carbocycles. The largest absolute Gasteiger partial charge is 0.392 e. The van der Waals surface area contributed by atoms with Gasteiger partial charge in [-0.3, -0.25) is 5.26 Å². The summed E-state index contributed by atoms with van der Waals surface area (Å²) in [5.41, 5.74) is 1.73. The van der Waals surface area contributed by atoms with E-state index in [1.807, 2.05) is 0 Å². The molecule has 0 aliphatic carbocycles. The summed E-state index contributed by atoms with van der Waals surface area (Å²) in [5.74, 6) is 0. The Labute approximate surface area is 64.8 Å². The van der Waals surface area contributed by atoms with E-state index in [-0.39, 0.29) is 13.2 Å². The lowest BCUT2D eigenvalue weighted by molar-refractivity contribution is -0.253. The molecule has 11 heavy (non-hydrogen) atoms. The first-order chi connectivity index (χ1) is 5.36. The van der Waals surface area contributed by atoms with E-state index in [0.29, 0.717) is 0 Å². The van der Waals surface area contributed by atoms with Gasteiger partial charge in [-0.2, -0.15) is 0 Å². The Kier molecular flexibility index (Phi) is 3.04. The highest BCUT2D eigenvalue weighted by molar-refractivity contribution is 5.21. The van der Waals surface area contributed by atoms with E-state index in [4.69, 9.17) is 10.4 Å². The van der Waals surface area contributed by atoms with Crippen LogP contribution in [0.2, 0.25) is 0 Å². The average Bonchev–Trinajstić information content (AvgIpc) is 2.07. The molecular formula is C8H10O3. The quantitative estimate of drug-likeness (QED) is 0.507. The lowest BCUT2D eigenvalue weighted by Crippen LogP contribution is -1.88. The molecule has 0 spiro atoms. The molecule has 0 aliphatic heterocycles. The first kappa shape index (κ1) is 8.20. The maximum absolute atomic E-state index is 8.68. The van der Waals surface area contributed by atoms with Gasteiger partial charge in [-0.15, -0.1) is 0 Å². The van der Waals surface area contributed by atoms with Gasteiger partial charge in [-0.1, -0.05) is 24.3 Å². The molecule has 0 amide bonds. The normalized spacial score (nSPS) is 10.0. The summed E-state index contributed by atoms with van der Waals surface area (Å²) >= 11 is 0. The van der Waals surface area contributed by atoms with Crippen LogP contribution in [0.4, 0.5) is 0 Å². The van der Waals surface area contributed by atoms with Gasteiger partial charge in [0.2, 0.25) is 0 Å². The van der Waals surface area contributed by atoms with Crippen LogP contribution >= 0.6 is 0 Å². The summed E-state index contributed by atoms with van der Waals surface area (Å²) in [6, 6.07) is 7.16. The van der Waals surface area contributed by atoms with Crippen LogP contribution in [-0.4, -0.2) is 10.4 Å². The van der Waals surface area contributed by atoms with Crippen LogP contribution in [0.5, 0.6) is 0 Å². The van der Waals surface area contributed by atoms with E-state index in [1.54, 1.807) is 24.3 Å². The highest BCUT2D eigenvalue weighted by atomic mass is 17.1. The molecule has 60 valence electrons. The Hall–Kier alpha value is -0.900. The summed E-state index contributed by atoms with van der Waals surface area (Å²) < 4.78 is 0. The van der Waals surface area contributed by atoms with Gasteiger partial charge in [0.15, 0.2) is 0 Å². The smallest absolute Gasteiger partial charge is 0.107 e. The van der Waals surface area contributed by atoms with Crippen molar-refractivity contribution in [3.8, 4) is 0 Å². The third kappa shape index (κ3) is 2.31. The predicted molar refractivity (Wildman–Crippen MR) is 39.8 cm³/mol. The lowest BCUT2D eigenvalue weighted by atomic mass is 10.1. The maximum atomic E-state index is 8.68. The Morgan fingerprint density at radius 3 is 2.09 bits per heavy atom. The minimum absolute atomic E-state index is 0.0419. The van der Waals surface area contributed by atoms with Crippen molar-refractivity contribution < 1.29 is 15.3 Å². The molecule has 0 aromatic heterocycles. The Morgan fingerprint density at radius 1 is 1.09 bits per heavy atom. The summed E-state index contributed by atoms with van der Waals surface area (Å²) in [7, 11) is 0. The van der Waals surface area contributed by atoms with Gasteiger partial charge in [0.05, 0.1) is 6.61 Å². The number of hydrogen-bond donors (Lipinski definition) is 2. The molecule has 3 nitrogen and oxygen atoms in total. The standard InChI is InChI=1S/C8H10O3/c9-5-7-1-3-8(4-2-7)6-11-10/h1-4,9-10H,5-6H2. The second-order valence-electron chi connectivity index (χ2n) is 2.25. The van der Waals surface area contributed by atoms with Crippen LogP contribution in [-0.2, 0) is 18.1 Å². The van der Waals surface area contributed by atoms with Crippen molar-refractivity contribution in [3.63, 3.8) is 0 Å². The van der Waals surface area contributed by atoms with Gasteiger partial charge in [0, 0.05) is 0 Å². The van der Waals surface area contributed by atoms with Crippen molar-refractivity contribution in [1.82, 2.24) is 0 Å². The Morgan fingerprint density at radius 2 is 1.64 bits per heavy atom. The van der Waals surface area contributed by atoms with Gasteiger partial charge < -0.3 is 5.11 Å². The van der Waals surface area contributed by atoms with Gasteiger partial charge >= 0.3 is 0 Å². The third-order valence-electron chi connectivity index (χ3n) is 1.44. The molecule has 3 heteroatoms. The van der Waals surface area contributed by atoms with Crippen LogP contribution in [0.25, 0.3) is 0 Å². The molecule has 2 N–H and O–H groups in total. The van der Waals surface area contributed by atoms with Gasteiger partial charge in [0.1, 0.15) is 6.61 Å². The second-order valence-corrected chi connectivity index (χ2v) is 2.25. The van der Waals surface area contributed by atoms with Crippen LogP contribution in [0.1, 0.15) is 11.1 Å². The van der Waals surface area contributed by atoms with Gasteiger partial charge in [-0.25, -0.2) is 4.89 Å². The molecule has 1 aromatic rings. The Balaban J connectivity index is 2.66. The van der Waals surface area contributed by atoms with Crippen molar-refractivity contribution >= 4 is 0 Å². The summed E-state index contributed by atoms with van der Waals surface area (Å²) in [4.78, 5) is 3.94. The second kappa shape index (κ2) is 4.08. The molecular weight excluding hydrogens is 144 g/mol. The fourth-order valence-corrected chi connectivity index (χ4v) is 0.815. The monoisotopic (exact) mass is 154 g/mol. The summed E-state index contributed by atoms with van der Waals surface area (Å²) in [5, 5.41) is 16.8. The van der Waals surface area contributed by atoms with Crippen molar-refractivity contribution in [3.05, 3.63) is 35.4 Å². The molecule has 0 atom stereocenters. The molecule has 0 bridgehead atoms. The van der Waals surface area contributed by atoms with Crippen LogP contribution in [0.3, 0.4) is 0 Å². The fraction of sp³-hybridized carbons (Fsp3) is 0.250. The zero-order valence-corrected chi connectivity index (χ0v) is 6.03. The zero-order chi connectivity index (χ0) is 8.10. The van der Waals surface area contributed by atoms with E-state index in [0.717, 1.165) is 11.1 Å². The van der Waals surface area contributed by atoms with E-state index >= 15 is 0 Å². The summed E-state index contributed by atoms with van der Waals surface area (Å²) in [6.07, 6.45) is 0. The highest BCUT2D eigenvalue weighted by Crippen LogP contribution is 2.04. The molecule has 0 unspecified atom stereocenters. The molecule has 0 heterocycles. The minimum Gasteiger partial charge on any atom is -0.392 e. The number of rotatable bonds is 3. The van der Waals surface area contributed by atoms with E-state index < -0.39 is 0 Å². The van der Waals surface area contributed by atoms with Crippen molar-refractivity contribution in [2.75, 3.05) is 0 Å². The predicted octanol–water partition coefficient (Wildman–Crippen LogP) is 1.17. The van der Waals surface area contributed by atoms with Gasteiger partial charge in [0.25, 0.3) is 0 Å². The average molecular weight is 154 g/mol. The lowest BCUT2D eigenvalue weighted by Gasteiger charge is -1.98. The highest BCUT2D eigenvalue weighted by Gasteiger charge is 1.92. The van der Waals surface area contributed by atoms with Crippen molar-refractivity contribution in [2.45, 2.75) is 13.2 Å². The SMILES string of the molecule is OCc1ccc(COO)cc1. The first-order valence-electron chi connectivity index (χ1n) is 3.32. The van der Waals surface area contributed by atoms with Crippen LogP contribution < -0.4 is 0 Å². The molecule has 0 fully saturated rings. The topological polar surface area (TPSA) is 49.7 Å².